The normalized spacial score (nSPS) is 10.9. The first-order valence-corrected chi connectivity index (χ1v) is 4.70. The maximum atomic E-state index is 5.51. The Morgan fingerprint density at radius 1 is 1.47 bits per heavy atom. The van der Waals surface area contributed by atoms with Gasteiger partial charge in [-0.05, 0) is 38.3 Å². The molecule has 0 aliphatic rings. The van der Waals surface area contributed by atoms with E-state index < -0.39 is 0 Å². The molecule has 0 saturated carbocycles. The Morgan fingerprint density at radius 2 is 2.20 bits per heavy atom. The van der Waals surface area contributed by atoms with Gasteiger partial charge in [0.25, 0.3) is 0 Å². The van der Waals surface area contributed by atoms with Gasteiger partial charge in [-0.2, -0.15) is 0 Å². The van der Waals surface area contributed by atoms with E-state index in [4.69, 9.17) is 4.74 Å². The highest BCUT2D eigenvalue weighted by molar-refractivity contribution is 5.32. The number of aliphatic imine (C=N–C) groups is 1. The second-order valence-corrected chi connectivity index (χ2v) is 3.33. The lowest BCUT2D eigenvalue weighted by atomic mass is 10.2. The number of hydrogen-bond acceptors (Lipinski definition) is 2. The van der Waals surface area contributed by atoms with Crippen molar-refractivity contribution in [3.05, 3.63) is 53.9 Å². The van der Waals surface area contributed by atoms with Crippen molar-refractivity contribution < 1.29 is 4.74 Å². The van der Waals surface area contributed by atoms with Gasteiger partial charge in [0.05, 0.1) is 0 Å². The Kier molecular flexibility index (Phi) is 3.86. The molecule has 0 unspecified atom stereocenters. The van der Waals surface area contributed by atoms with Crippen LogP contribution in [0.3, 0.4) is 0 Å². The van der Waals surface area contributed by atoms with Crippen LogP contribution >= 0.6 is 0 Å². The number of hydrogen-bond donors (Lipinski definition) is 0. The first-order chi connectivity index (χ1) is 7.11. The molecule has 1 aromatic carbocycles. The average Bonchev–Trinajstić information content (AvgIpc) is 2.17. The largest absolute Gasteiger partial charge is 0.458 e. The molecule has 0 N–H and O–H groups in total. The highest BCUT2D eigenvalue weighted by Crippen LogP contribution is 2.16. The third-order valence-corrected chi connectivity index (χ3v) is 1.86. The monoisotopic (exact) mass is 201 g/mol. The Hall–Kier alpha value is -1.83. The second kappa shape index (κ2) is 5.15. The van der Waals surface area contributed by atoms with Gasteiger partial charge in [-0.25, -0.2) is 0 Å². The van der Waals surface area contributed by atoms with Gasteiger partial charge in [-0.15, -0.1) is 0 Å². The molecule has 0 aromatic heterocycles. The van der Waals surface area contributed by atoms with Crippen molar-refractivity contribution in [3.63, 3.8) is 0 Å². The fourth-order valence-electron chi connectivity index (χ4n) is 1.14. The van der Waals surface area contributed by atoms with Gasteiger partial charge in [0.1, 0.15) is 11.5 Å². The van der Waals surface area contributed by atoms with E-state index in [1.165, 1.54) is 0 Å². The van der Waals surface area contributed by atoms with Crippen LogP contribution in [0.5, 0.6) is 5.75 Å². The Labute approximate surface area is 90.6 Å². The zero-order valence-corrected chi connectivity index (χ0v) is 9.16. The number of rotatable bonds is 4. The van der Waals surface area contributed by atoms with Gasteiger partial charge in [0, 0.05) is 11.8 Å². The summed E-state index contributed by atoms with van der Waals surface area (Å²) in [5.74, 6) is 1.35. The van der Waals surface area contributed by atoms with Crippen LogP contribution in [0.2, 0.25) is 0 Å². The summed E-state index contributed by atoms with van der Waals surface area (Å²) in [6.45, 7) is 11.1. The summed E-state index contributed by atoms with van der Waals surface area (Å²) >= 11 is 0. The van der Waals surface area contributed by atoms with E-state index in [2.05, 4.69) is 18.3 Å². The molecular formula is C13H15NO. The average molecular weight is 201 g/mol. The fraction of sp³-hybridized carbons (Fsp3) is 0.154. The predicted molar refractivity (Wildman–Crippen MR) is 64.3 cm³/mol. The van der Waals surface area contributed by atoms with Crippen LogP contribution < -0.4 is 4.74 Å². The molecule has 0 aliphatic heterocycles. The fourth-order valence-corrected chi connectivity index (χ4v) is 1.14. The summed E-state index contributed by atoms with van der Waals surface area (Å²) in [5, 5.41) is 0. The highest BCUT2D eigenvalue weighted by atomic mass is 16.5. The smallest absolute Gasteiger partial charge is 0.127 e. The maximum absolute atomic E-state index is 5.51. The minimum Gasteiger partial charge on any atom is -0.458 e. The minimum absolute atomic E-state index is 0.561. The van der Waals surface area contributed by atoms with Gasteiger partial charge >= 0.3 is 0 Å². The Balaban J connectivity index is 2.71. The van der Waals surface area contributed by atoms with Crippen molar-refractivity contribution in [1.82, 2.24) is 0 Å². The number of benzene rings is 1. The molecule has 2 heteroatoms. The van der Waals surface area contributed by atoms with E-state index in [0.717, 1.165) is 17.0 Å². The molecule has 78 valence electrons. The van der Waals surface area contributed by atoms with Crippen LogP contribution in [0.25, 0.3) is 0 Å². The summed E-state index contributed by atoms with van der Waals surface area (Å²) < 4.78 is 5.51. The third-order valence-electron chi connectivity index (χ3n) is 1.86. The molecule has 0 amide bonds. The van der Waals surface area contributed by atoms with E-state index in [-0.39, 0.29) is 0 Å². The standard InChI is InChI=1S/C13H15NO/c1-10-6-5-7-13(8-10)15-12(3)9-11(2)14-4/h5-9H,3-4H2,1-2H3/b11-9-. The highest BCUT2D eigenvalue weighted by Gasteiger charge is 1.96. The molecule has 0 bridgehead atoms. The van der Waals surface area contributed by atoms with E-state index in [0.29, 0.717) is 5.76 Å². The van der Waals surface area contributed by atoms with Crippen LogP contribution in [0, 0.1) is 6.92 Å². The number of aryl methyl sites for hydroxylation is 1. The van der Waals surface area contributed by atoms with Gasteiger partial charge < -0.3 is 4.74 Å². The van der Waals surface area contributed by atoms with Crippen LogP contribution in [0.1, 0.15) is 12.5 Å². The number of allylic oxidation sites excluding steroid dienone is 2. The number of ether oxygens (including phenoxy) is 1. The van der Waals surface area contributed by atoms with Crippen LogP contribution in [-0.2, 0) is 0 Å². The molecular weight excluding hydrogens is 186 g/mol. The topological polar surface area (TPSA) is 21.6 Å². The zero-order valence-electron chi connectivity index (χ0n) is 9.16. The SMILES string of the molecule is C=N/C(C)=C\C(=C)Oc1cccc(C)c1. The lowest BCUT2D eigenvalue weighted by Crippen LogP contribution is -1.91. The van der Waals surface area contributed by atoms with Crippen molar-refractivity contribution in [1.29, 1.82) is 0 Å². The summed E-state index contributed by atoms with van der Waals surface area (Å²) in [7, 11) is 0. The summed E-state index contributed by atoms with van der Waals surface area (Å²) in [6.07, 6.45) is 1.75. The van der Waals surface area contributed by atoms with E-state index >= 15 is 0 Å². The first-order valence-electron chi connectivity index (χ1n) is 4.70. The van der Waals surface area contributed by atoms with Crippen LogP contribution in [0.4, 0.5) is 0 Å². The number of nitrogens with zero attached hydrogens (tertiary/aromatic N) is 1. The van der Waals surface area contributed by atoms with Crippen LogP contribution in [-0.4, -0.2) is 6.72 Å². The van der Waals surface area contributed by atoms with E-state index in [1.807, 2.05) is 38.1 Å². The maximum Gasteiger partial charge on any atom is 0.127 e. The molecule has 2 nitrogen and oxygen atoms in total. The quantitative estimate of drug-likeness (QED) is 0.415. The molecule has 1 aromatic rings. The van der Waals surface area contributed by atoms with Gasteiger partial charge in [-0.1, -0.05) is 18.7 Å². The molecule has 0 heterocycles. The molecule has 0 radical (unpaired) electrons. The van der Waals surface area contributed by atoms with Crippen molar-refractivity contribution in [2.24, 2.45) is 4.99 Å². The molecule has 15 heavy (non-hydrogen) atoms. The lowest BCUT2D eigenvalue weighted by Gasteiger charge is -2.05. The van der Waals surface area contributed by atoms with Gasteiger partial charge in [-0.3, -0.25) is 4.99 Å². The van der Waals surface area contributed by atoms with Crippen molar-refractivity contribution in [2.45, 2.75) is 13.8 Å². The third kappa shape index (κ3) is 3.81. The van der Waals surface area contributed by atoms with E-state index in [9.17, 15) is 0 Å². The Bertz CT molecular complexity index is 405. The van der Waals surface area contributed by atoms with Crippen molar-refractivity contribution >= 4 is 6.72 Å². The molecule has 0 atom stereocenters. The lowest BCUT2D eigenvalue weighted by molar-refractivity contribution is 0.446. The summed E-state index contributed by atoms with van der Waals surface area (Å²) in [5.41, 5.74) is 1.94. The van der Waals surface area contributed by atoms with Crippen LogP contribution in [0.15, 0.2) is 53.4 Å². The van der Waals surface area contributed by atoms with Crippen molar-refractivity contribution in [3.8, 4) is 5.75 Å². The van der Waals surface area contributed by atoms with E-state index in [1.54, 1.807) is 6.08 Å². The summed E-state index contributed by atoms with van der Waals surface area (Å²) in [4.78, 5) is 3.76. The zero-order chi connectivity index (χ0) is 11.3. The summed E-state index contributed by atoms with van der Waals surface area (Å²) in [6, 6.07) is 7.81. The molecule has 0 spiro atoms. The second-order valence-electron chi connectivity index (χ2n) is 3.33. The Morgan fingerprint density at radius 3 is 2.80 bits per heavy atom. The van der Waals surface area contributed by atoms with Crippen molar-refractivity contribution in [2.75, 3.05) is 0 Å². The minimum atomic E-state index is 0.561. The molecule has 1 rings (SSSR count). The van der Waals surface area contributed by atoms with Gasteiger partial charge in [0.2, 0.25) is 0 Å². The molecule has 0 saturated heterocycles. The molecule has 0 fully saturated rings. The molecule has 0 aliphatic carbocycles. The van der Waals surface area contributed by atoms with Gasteiger partial charge in [0.15, 0.2) is 0 Å². The predicted octanol–water partition coefficient (Wildman–Crippen LogP) is 3.49. The first kappa shape index (κ1) is 11.2.